The number of alkyl halides is 3. The molecule has 5 rings (SSSR count). The molecule has 218 valence electrons. The van der Waals surface area contributed by atoms with Crippen molar-refractivity contribution in [3.63, 3.8) is 0 Å². The molecule has 0 saturated carbocycles. The highest BCUT2D eigenvalue weighted by atomic mass is 32.1. The second kappa shape index (κ2) is 12.5. The van der Waals surface area contributed by atoms with Gasteiger partial charge in [0.25, 0.3) is 11.8 Å². The van der Waals surface area contributed by atoms with Gasteiger partial charge in [0.1, 0.15) is 6.04 Å². The van der Waals surface area contributed by atoms with Crippen LogP contribution in [-0.2, 0) is 17.4 Å². The summed E-state index contributed by atoms with van der Waals surface area (Å²) in [6.45, 7) is 0. The highest BCUT2D eigenvalue weighted by Crippen LogP contribution is 2.30. The predicted molar refractivity (Wildman–Crippen MR) is 160 cm³/mol. The number of fused-ring (bicyclic) bond motifs is 1. The number of hydrogen-bond donors (Lipinski definition) is 2. The standard InChI is InChI=1S/C32H25F3N4O3S/c1-39(25-14-15-28-26(18-25)36-19-43-28)31(42)27(16-20-6-3-2-4-7-20)38-30(41)22-9-5-8-21(17-22)29(40)37-24-12-10-23(11-13-24)32(33,34)35/h2-15,17-19,27H,16H2,1H3,(H,37,40)(H,38,41)/t27-/m0/s1. The minimum atomic E-state index is -4.49. The number of likely N-dealkylation sites (N-methyl/N-ethyl adjacent to an activating group) is 1. The quantitative estimate of drug-likeness (QED) is 0.210. The zero-order valence-electron chi connectivity index (χ0n) is 22.8. The van der Waals surface area contributed by atoms with E-state index in [0.717, 1.165) is 40.0 Å². The lowest BCUT2D eigenvalue weighted by Crippen LogP contribution is -2.48. The number of amides is 3. The summed E-state index contributed by atoms with van der Waals surface area (Å²) in [5, 5.41) is 5.35. The molecule has 0 fully saturated rings. The lowest BCUT2D eigenvalue weighted by atomic mass is 10.0. The molecule has 4 aromatic carbocycles. The minimum Gasteiger partial charge on any atom is -0.340 e. The zero-order chi connectivity index (χ0) is 30.6. The Morgan fingerprint density at radius 3 is 2.26 bits per heavy atom. The monoisotopic (exact) mass is 602 g/mol. The molecular formula is C32H25F3N4O3S. The van der Waals surface area contributed by atoms with Crippen molar-refractivity contribution in [2.24, 2.45) is 0 Å². The predicted octanol–water partition coefficient (Wildman–Crippen LogP) is 6.57. The van der Waals surface area contributed by atoms with Gasteiger partial charge in [-0.1, -0.05) is 36.4 Å². The maximum Gasteiger partial charge on any atom is 0.416 e. The molecule has 1 atom stereocenters. The van der Waals surface area contributed by atoms with Crippen LogP contribution in [-0.4, -0.2) is 35.8 Å². The van der Waals surface area contributed by atoms with Crippen LogP contribution in [0.4, 0.5) is 24.5 Å². The molecule has 1 aromatic heterocycles. The third-order valence-electron chi connectivity index (χ3n) is 6.77. The highest BCUT2D eigenvalue weighted by molar-refractivity contribution is 7.16. The van der Waals surface area contributed by atoms with E-state index in [1.165, 1.54) is 40.5 Å². The topological polar surface area (TPSA) is 91.4 Å². The first-order chi connectivity index (χ1) is 20.6. The van der Waals surface area contributed by atoms with E-state index in [-0.39, 0.29) is 29.1 Å². The van der Waals surface area contributed by atoms with E-state index in [1.54, 1.807) is 12.6 Å². The zero-order valence-corrected chi connectivity index (χ0v) is 23.6. The fourth-order valence-corrected chi connectivity index (χ4v) is 5.11. The maximum atomic E-state index is 13.7. The van der Waals surface area contributed by atoms with E-state index < -0.39 is 29.6 Å². The van der Waals surface area contributed by atoms with Crippen molar-refractivity contribution >= 4 is 50.6 Å². The number of halogens is 3. The van der Waals surface area contributed by atoms with Crippen LogP contribution >= 0.6 is 11.3 Å². The highest BCUT2D eigenvalue weighted by Gasteiger charge is 2.30. The van der Waals surface area contributed by atoms with Crippen LogP contribution in [0.5, 0.6) is 0 Å². The van der Waals surface area contributed by atoms with Gasteiger partial charge in [0.2, 0.25) is 5.91 Å². The summed E-state index contributed by atoms with van der Waals surface area (Å²) in [6.07, 6.45) is -4.27. The first-order valence-corrected chi connectivity index (χ1v) is 14.0. The second-order valence-corrected chi connectivity index (χ2v) is 10.6. The first-order valence-electron chi connectivity index (χ1n) is 13.1. The average molecular weight is 603 g/mol. The Morgan fingerprint density at radius 2 is 1.56 bits per heavy atom. The molecule has 1 heterocycles. The SMILES string of the molecule is CN(C(=O)[C@H](Cc1ccccc1)NC(=O)c1cccc(C(=O)Nc2ccc(C(F)(F)F)cc2)c1)c1ccc2scnc2c1. The number of benzene rings is 4. The van der Waals surface area contributed by atoms with Crippen LogP contribution in [0.2, 0.25) is 0 Å². The van der Waals surface area contributed by atoms with E-state index in [2.05, 4.69) is 15.6 Å². The van der Waals surface area contributed by atoms with E-state index >= 15 is 0 Å². The fourth-order valence-electron chi connectivity index (χ4n) is 4.45. The van der Waals surface area contributed by atoms with Crippen molar-refractivity contribution in [1.82, 2.24) is 10.3 Å². The maximum absolute atomic E-state index is 13.7. The van der Waals surface area contributed by atoms with Gasteiger partial charge in [-0.2, -0.15) is 13.2 Å². The van der Waals surface area contributed by atoms with Gasteiger partial charge in [-0.25, -0.2) is 4.98 Å². The molecule has 0 saturated heterocycles. The molecule has 3 amide bonds. The van der Waals surface area contributed by atoms with E-state index in [9.17, 15) is 27.6 Å². The molecule has 0 aliphatic heterocycles. The van der Waals surface area contributed by atoms with Gasteiger partial charge in [-0.05, 0) is 66.2 Å². The number of thiazole rings is 1. The Morgan fingerprint density at radius 1 is 0.860 bits per heavy atom. The number of hydrogen-bond acceptors (Lipinski definition) is 5. The molecule has 2 N–H and O–H groups in total. The molecule has 0 aliphatic rings. The van der Waals surface area contributed by atoms with Crippen molar-refractivity contribution in [2.75, 3.05) is 17.3 Å². The van der Waals surface area contributed by atoms with Gasteiger partial charge in [0, 0.05) is 36.0 Å². The Labute approximate surface area is 249 Å². The number of nitrogens with zero attached hydrogens (tertiary/aromatic N) is 2. The molecule has 43 heavy (non-hydrogen) atoms. The van der Waals surface area contributed by atoms with Crippen LogP contribution in [0.1, 0.15) is 31.8 Å². The first kappa shape index (κ1) is 29.5. The Balaban J connectivity index is 1.33. The number of anilines is 2. The molecule has 0 radical (unpaired) electrons. The van der Waals surface area contributed by atoms with Crippen LogP contribution < -0.4 is 15.5 Å². The summed E-state index contributed by atoms with van der Waals surface area (Å²) >= 11 is 1.49. The van der Waals surface area contributed by atoms with Crippen molar-refractivity contribution < 1.29 is 27.6 Å². The number of aromatic nitrogens is 1. The molecule has 0 unspecified atom stereocenters. The second-order valence-electron chi connectivity index (χ2n) is 9.73. The molecular weight excluding hydrogens is 577 g/mol. The van der Waals surface area contributed by atoms with Crippen LogP contribution in [0, 0.1) is 0 Å². The van der Waals surface area contributed by atoms with E-state index in [4.69, 9.17) is 0 Å². The number of nitrogens with one attached hydrogen (secondary N) is 2. The number of rotatable bonds is 8. The summed E-state index contributed by atoms with van der Waals surface area (Å²) in [7, 11) is 1.63. The minimum absolute atomic E-state index is 0.118. The van der Waals surface area contributed by atoms with Gasteiger partial charge in [0.15, 0.2) is 0 Å². The third-order valence-corrected chi connectivity index (χ3v) is 7.58. The summed E-state index contributed by atoms with van der Waals surface area (Å²) in [5.74, 6) is -1.52. The summed E-state index contributed by atoms with van der Waals surface area (Å²) in [5.41, 5.74) is 3.54. The third kappa shape index (κ3) is 7.07. The van der Waals surface area contributed by atoms with Gasteiger partial charge in [0.05, 0.1) is 21.3 Å². The van der Waals surface area contributed by atoms with Crippen molar-refractivity contribution in [2.45, 2.75) is 18.6 Å². The van der Waals surface area contributed by atoms with E-state index in [1.807, 2.05) is 48.5 Å². The Bertz CT molecular complexity index is 1770. The number of carbonyl (C=O) groups is 3. The largest absolute Gasteiger partial charge is 0.416 e. The summed E-state index contributed by atoms with van der Waals surface area (Å²) in [4.78, 5) is 45.7. The molecule has 0 aliphatic carbocycles. The van der Waals surface area contributed by atoms with Crippen molar-refractivity contribution in [1.29, 1.82) is 0 Å². The smallest absolute Gasteiger partial charge is 0.340 e. The molecule has 7 nitrogen and oxygen atoms in total. The lowest BCUT2D eigenvalue weighted by Gasteiger charge is -2.25. The van der Waals surface area contributed by atoms with Crippen LogP contribution in [0.3, 0.4) is 0 Å². The fraction of sp³-hybridized carbons (Fsp3) is 0.125. The summed E-state index contributed by atoms with van der Waals surface area (Å²) < 4.78 is 39.5. The van der Waals surface area contributed by atoms with Gasteiger partial charge >= 0.3 is 6.18 Å². The van der Waals surface area contributed by atoms with Gasteiger partial charge in [-0.15, -0.1) is 11.3 Å². The Kier molecular flexibility index (Phi) is 8.53. The van der Waals surface area contributed by atoms with Crippen molar-refractivity contribution in [3.05, 3.63) is 125 Å². The van der Waals surface area contributed by atoms with E-state index in [0.29, 0.717) is 5.69 Å². The van der Waals surface area contributed by atoms with Gasteiger partial charge < -0.3 is 15.5 Å². The van der Waals surface area contributed by atoms with Crippen molar-refractivity contribution in [3.8, 4) is 0 Å². The normalized spacial score (nSPS) is 12.0. The van der Waals surface area contributed by atoms with Gasteiger partial charge in [-0.3, -0.25) is 14.4 Å². The molecule has 11 heteroatoms. The molecule has 0 spiro atoms. The molecule has 0 bridgehead atoms. The molecule has 5 aromatic rings. The summed E-state index contributed by atoms with van der Waals surface area (Å²) in [6, 6.07) is 23.8. The van der Waals surface area contributed by atoms with Crippen LogP contribution in [0.15, 0.2) is 103 Å². The van der Waals surface area contributed by atoms with Crippen LogP contribution in [0.25, 0.3) is 10.2 Å². The lowest BCUT2D eigenvalue weighted by molar-refractivity contribution is -0.137. The Hall–Kier alpha value is -5.03. The average Bonchev–Trinajstić information content (AvgIpc) is 3.48. The number of carbonyl (C=O) groups excluding carboxylic acids is 3.